The fourth-order valence-corrected chi connectivity index (χ4v) is 1.53. The number of nitrogens with two attached hydrogens (primary N) is 1. The van der Waals surface area contributed by atoms with E-state index in [0.29, 0.717) is 11.4 Å². The average Bonchev–Trinajstić information content (AvgIpc) is 2.81. The van der Waals surface area contributed by atoms with E-state index >= 15 is 0 Å². The summed E-state index contributed by atoms with van der Waals surface area (Å²) in [4.78, 5) is 15.5. The number of benzene rings is 1. The molecule has 7 heteroatoms. The van der Waals surface area contributed by atoms with Gasteiger partial charge in [0.15, 0.2) is 0 Å². The van der Waals surface area contributed by atoms with Gasteiger partial charge in [-0.1, -0.05) is 6.07 Å². The Balaban J connectivity index is 2.05. The van der Waals surface area contributed by atoms with Crippen molar-refractivity contribution in [3.05, 3.63) is 35.9 Å². The normalized spacial score (nSPS) is 9.89. The molecule has 1 aromatic carbocycles. The lowest BCUT2D eigenvalue weighted by atomic mass is 10.2. The molecule has 7 nitrogen and oxygen atoms in total. The van der Waals surface area contributed by atoms with E-state index in [1.165, 1.54) is 11.0 Å². The molecule has 19 heavy (non-hydrogen) atoms. The lowest BCUT2D eigenvalue weighted by molar-refractivity contribution is -0.116. The van der Waals surface area contributed by atoms with Crippen LogP contribution in [0.2, 0.25) is 0 Å². The molecule has 1 amide bonds. The molecule has 1 heterocycles. The molecule has 3 N–H and O–H groups in total. The van der Waals surface area contributed by atoms with Crippen LogP contribution in [-0.4, -0.2) is 20.7 Å². The highest BCUT2D eigenvalue weighted by molar-refractivity contribution is 5.91. The van der Waals surface area contributed by atoms with Crippen LogP contribution in [0.15, 0.2) is 24.5 Å². The van der Waals surface area contributed by atoms with Crippen molar-refractivity contribution in [1.29, 1.82) is 5.26 Å². The molecule has 0 unspecified atom stereocenters. The average molecular weight is 256 g/mol. The van der Waals surface area contributed by atoms with Crippen LogP contribution in [0, 0.1) is 18.3 Å². The molecule has 0 aliphatic rings. The Morgan fingerprint density at radius 2 is 2.37 bits per heavy atom. The van der Waals surface area contributed by atoms with E-state index in [1.54, 1.807) is 18.2 Å². The number of hydrogen-bond donors (Lipinski definition) is 2. The molecule has 0 radical (unpaired) electrons. The quantitative estimate of drug-likeness (QED) is 0.785. The maximum atomic E-state index is 11.8. The molecule has 96 valence electrons. The third-order valence-corrected chi connectivity index (χ3v) is 2.48. The Labute approximate surface area is 109 Å². The molecule has 0 saturated carbocycles. The van der Waals surface area contributed by atoms with Gasteiger partial charge in [-0.05, 0) is 24.6 Å². The van der Waals surface area contributed by atoms with Gasteiger partial charge in [0, 0.05) is 11.4 Å². The summed E-state index contributed by atoms with van der Waals surface area (Å²) in [5.41, 5.74) is 7.81. The van der Waals surface area contributed by atoms with Crippen LogP contribution in [0.1, 0.15) is 11.4 Å². The maximum Gasteiger partial charge on any atom is 0.252 e. The zero-order chi connectivity index (χ0) is 13.8. The van der Waals surface area contributed by atoms with Crippen LogP contribution in [0.25, 0.3) is 0 Å². The summed E-state index contributed by atoms with van der Waals surface area (Å²) in [7, 11) is 0. The highest BCUT2D eigenvalue weighted by Crippen LogP contribution is 2.17. The molecule has 0 spiro atoms. The number of nitriles is 1. The third-order valence-electron chi connectivity index (χ3n) is 2.48. The Bertz CT molecular complexity index is 654. The Morgan fingerprint density at radius 1 is 1.58 bits per heavy atom. The van der Waals surface area contributed by atoms with Crippen molar-refractivity contribution < 1.29 is 4.79 Å². The lowest BCUT2D eigenvalue weighted by Gasteiger charge is -2.08. The molecule has 0 bridgehead atoms. The van der Waals surface area contributed by atoms with Gasteiger partial charge < -0.3 is 11.1 Å². The summed E-state index contributed by atoms with van der Waals surface area (Å²) in [6.45, 7) is 1.86. The number of rotatable bonds is 3. The van der Waals surface area contributed by atoms with Crippen LogP contribution in [0.5, 0.6) is 0 Å². The zero-order valence-electron chi connectivity index (χ0n) is 10.3. The van der Waals surface area contributed by atoms with Gasteiger partial charge in [-0.25, -0.2) is 9.67 Å². The van der Waals surface area contributed by atoms with Crippen molar-refractivity contribution in [3.8, 4) is 6.07 Å². The van der Waals surface area contributed by atoms with Gasteiger partial charge in [0.05, 0.1) is 0 Å². The highest BCUT2D eigenvalue weighted by Gasteiger charge is 2.08. The van der Waals surface area contributed by atoms with E-state index in [0.717, 1.165) is 5.56 Å². The fourth-order valence-electron chi connectivity index (χ4n) is 1.53. The molecular formula is C12H12N6O. The Hall–Kier alpha value is -2.88. The number of nitrogens with one attached hydrogen (secondary N) is 1. The largest absolute Gasteiger partial charge is 0.399 e. The topological polar surface area (TPSA) is 110 Å². The fraction of sp³-hybridized carbons (Fsp3) is 0.167. The van der Waals surface area contributed by atoms with Crippen LogP contribution in [-0.2, 0) is 11.3 Å². The number of carbonyl (C=O) groups is 1. The van der Waals surface area contributed by atoms with Crippen molar-refractivity contribution in [3.63, 3.8) is 0 Å². The lowest BCUT2D eigenvalue weighted by Crippen LogP contribution is -2.19. The Kier molecular flexibility index (Phi) is 3.43. The van der Waals surface area contributed by atoms with Crippen LogP contribution in [0.4, 0.5) is 11.4 Å². The molecule has 0 aliphatic heterocycles. The first-order valence-electron chi connectivity index (χ1n) is 5.54. The van der Waals surface area contributed by atoms with Crippen molar-refractivity contribution >= 4 is 17.3 Å². The first kappa shape index (κ1) is 12.6. The van der Waals surface area contributed by atoms with Crippen LogP contribution in [0.3, 0.4) is 0 Å². The smallest absolute Gasteiger partial charge is 0.252 e. The second-order valence-electron chi connectivity index (χ2n) is 4.00. The van der Waals surface area contributed by atoms with Gasteiger partial charge in [0.1, 0.15) is 18.9 Å². The van der Waals surface area contributed by atoms with Gasteiger partial charge >= 0.3 is 0 Å². The molecule has 0 atom stereocenters. The molecular weight excluding hydrogens is 244 g/mol. The summed E-state index contributed by atoms with van der Waals surface area (Å²) in [5.74, 6) is -0.226. The minimum Gasteiger partial charge on any atom is -0.399 e. The molecule has 1 aromatic heterocycles. The van der Waals surface area contributed by atoms with Crippen LogP contribution >= 0.6 is 0 Å². The molecule has 0 fully saturated rings. The molecule has 0 saturated heterocycles. The number of aryl methyl sites for hydroxylation is 1. The summed E-state index contributed by atoms with van der Waals surface area (Å²) in [6, 6.07) is 7.08. The first-order valence-corrected chi connectivity index (χ1v) is 5.54. The van der Waals surface area contributed by atoms with Crippen molar-refractivity contribution in [2.24, 2.45) is 0 Å². The predicted octanol–water partition coefficient (Wildman–Crippen LogP) is 0.679. The summed E-state index contributed by atoms with van der Waals surface area (Å²) in [5, 5.41) is 15.1. The minimum atomic E-state index is -0.261. The van der Waals surface area contributed by atoms with Crippen LogP contribution < -0.4 is 11.1 Å². The molecule has 2 rings (SSSR count). The van der Waals surface area contributed by atoms with E-state index in [1.807, 2.05) is 13.0 Å². The molecule has 2 aromatic rings. The van der Waals surface area contributed by atoms with Crippen molar-refractivity contribution in [2.75, 3.05) is 11.1 Å². The van der Waals surface area contributed by atoms with E-state index in [4.69, 9.17) is 11.0 Å². The monoisotopic (exact) mass is 256 g/mol. The number of carbonyl (C=O) groups excluding carboxylic acids is 1. The number of nitrogens with zero attached hydrogens (tertiary/aromatic N) is 4. The summed E-state index contributed by atoms with van der Waals surface area (Å²) in [6.07, 6.45) is 1.34. The summed E-state index contributed by atoms with van der Waals surface area (Å²) >= 11 is 0. The molecule has 0 aliphatic carbocycles. The number of amides is 1. The van der Waals surface area contributed by atoms with Gasteiger partial charge in [0.2, 0.25) is 5.91 Å². The SMILES string of the molecule is Cc1ccc(N)cc1NC(=O)Cn1cnc(C#N)n1. The minimum absolute atomic E-state index is 0.0110. The van der Waals surface area contributed by atoms with E-state index in [-0.39, 0.29) is 18.3 Å². The van der Waals surface area contributed by atoms with Crippen molar-refractivity contribution in [2.45, 2.75) is 13.5 Å². The number of aromatic nitrogens is 3. The van der Waals surface area contributed by atoms with Gasteiger partial charge in [0.25, 0.3) is 5.82 Å². The standard InChI is InChI=1S/C12H12N6O/c1-8-2-3-9(14)4-10(8)16-12(19)6-18-7-15-11(5-13)17-18/h2-4,7H,6,14H2,1H3,(H,16,19). The van der Waals surface area contributed by atoms with E-state index in [9.17, 15) is 4.79 Å². The second kappa shape index (κ2) is 5.18. The van der Waals surface area contributed by atoms with Gasteiger partial charge in [-0.2, -0.15) is 5.26 Å². The number of nitrogen functional groups attached to an aromatic ring is 1. The van der Waals surface area contributed by atoms with E-state index < -0.39 is 0 Å². The third kappa shape index (κ3) is 3.07. The predicted molar refractivity (Wildman–Crippen MR) is 69.0 cm³/mol. The van der Waals surface area contributed by atoms with Gasteiger partial charge in [-0.3, -0.25) is 4.79 Å². The van der Waals surface area contributed by atoms with Gasteiger partial charge in [-0.15, -0.1) is 5.10 Å². The maximum absolute atomic E-state index is 11.8. The number of hydrogen-bond acceptors (Lipinski definition) is 5. The number of anilines is 2. The second-order valence-corrected chi connectivity index (χ2v) is 4.00. The first-order chi connectivity index (χ1) is 9.08. The van der Waals surface area contributed by atoms with E-state index in [2.05, 4.69) is 15.4 Å². The summed E-state index contributed by atoms with van der Waals surface area (Å²) < 4.78 is 1.30. The Morgan fingerprint density at radius 3 is 3.05 bits per heavy atom. The highest BCUT2D eigenvalue weighted by atomic mass is 16.2. The zero-order valence-corrected chi connectivity index (χ0v) is 10.3. The van der Waals surface area contributed by atoms with Crippen molar-refractivity contribution in [1.82, 2.24) is 14.8 Å².